The summed E-state index contributed by atoms with van der Waals surface area (Å²) in [6.07, 6.45) is 5.92. The Morgan fingerprint density at radius 2 is 2.56 bits per heavy atom. The number of hydrazine groups is 1. The van der Waals surface area contributed by atoms with Gasteiger partial charge >= 0.3 is 0 Å². The number of nitrogens with one attached hydrogen (secondary N) is 1. The lowest BCUT2D eigenvalue weighted by molar-refractivity contribution is 0.546. The van der Waals surface area contributed by atoms with Gasteiger partial charge in [-0.25, -0.2) is 0 Å². The number of allylic oxidation sites excluding steroid dienone is 2. The summed E-state index contributed by atoms with van der Waals surface area (Å²) >= 11 is 0. The summed E-state index contributed by atoms with van der Waals surface area (Å²) in [6.45, 7) is 2.22. The van der Waals surface area contributed by atoms with Gasteiger partial charge in [-0.1, -0.05) is 13.0 Å². The molecule has 0 heterocycles. The van der Waals surface area contributed by atoms with Gasteiger partial charge in [0, 0.05) is 5.70 Å². The minimum Gasteiger partial charge on any atom is -0.329 e. The van der Waals surface area contributed by atoms with E-state index in [1.54, 1.807) is 0 Å². The maximum Gasteiger partial charge on any atom is 0.0222 e. The summed E-state index contributed by atoms with van der Waals surface area (Å²) < 4.78 is 0. The van der Waals surface area contributed by atoms with Crippen molar-refractivity contribution in [3.8, 4) is 0 Å². The molecule has 1 aliphatic rings. The van der Waals surface area contributed by atoms with Crippen LogP contribution in [0.1, 0.15) is 26.2 Å². The predicted molar refractivity (Wildman–Crippen MR) is 38.4 cm³/mol. The molecule has 2 heteroatoms. The highest BCUT2D eigenvalue weighted by Gasteiger charge is 2.06. The van der Waals surface area contributed by atoms with Crippen LogP contribution in [0, 0.1) is 5.92 Å². The van der Waals surface area contributed by atoms with Crippen LogP contribution >= 0.6 is 0 Å². The molecule has 52 valence electrons. The lowest BCUT2D eigenvalue weighted by Crippen LogP contribution is -2.23. The molecule has 0 amide bonds. The van der Waals surface area contributed by atoms with Crippen LogP contribution in [0.5, 0.6) is 0 Å². The van der Waals surface area contributed by atoms with Gasteiger partial charge in [0.1, 0.15) is 0 Å². The van der Waals surface area contributed by atoms with Crippen LogP contribution in [0.25, 0.3) is 0 Å². The van der Waals surface area contributed by atoms with Crippen molar-refractivity contribution in [2.75, 3.05) is 0 Å². The van der Waals surface area contributed by atoms with E-state index in [1.807, 2.05) is 0 Å². The SMILES string of the molecule is C[C@@H]1C=C(NN)CCC1. The number of nitrogens with two attached hydrogens (primary N) is 1. The summed E-state index contributed by atoms with van der Waals surface area (Å²) in [7, 11) is 0. The van der Waals surface area contributed by atoms with Gasteiger partial charge in [0.15, 0.2) is 0 Å². The first-order valence-electron chi connectivity index (χ1n) is 3.50. The van der Waals surface area contributed by atoms with Crippen LogP contribution in [-0.2, 0) is 0 Å². The zero-order valence-corrected chi connectivity index (χ0v) is 5.85. The molecule has 9 heavy (non-hydrogen) atoms. The zero-order valence-electron chi connectivity index (χ0n) is 5.85. The molecular weight excluding hydrogens is 112 g/mol. The van der Waals surface area contributed by atoms with E-state index in [2.05, 4.69) is 18.4 Å². The fraction of sp³-hybridized carbons (Fsp3) is 0.714. The first-order chi connectivity index (χ1) is 4.33. The molecular formula is C7H14N2. The molecule has 1 rings (SSSR count). The van der Waals surface area contributed by atoms with E-state index in [-0.39, 0.29) is 0 Å². The smallest absolute Gasteiger partial charge is 0.0222 e. The Kier molecular flexibility index (Phi) is 2.11. The molecule has 3 N–H and O–H groups in total. The maximum atomic E-state index is 5.25. The molecule has 0 saturated carbocycles. The molecule has 0 radical (unpaired) electrons. The van der Waals surface area contributed by atoms with Crippen LogP contribution in [-0.4, -0.2) is 0 Å². The predicted octanol–water partition coefficient (Wildman–Crippen LogP) is 1.15. The molecule has 1 atom stereocenters. The topological polar surface area (TPSA) is 38.0 Å². The highest BCUT2D eigenvalue weighted by Crippen LogP contribution is 2.19. The highest BCUT2D eigenvalue weighted by atomic mass is 15.2. The number of hydrogen-bond donors (Lipinski definition) is 2. The molecule has 0 unspecified atom stereocenters. The van der Waals surface area contributed by atoms with E-state index in [1.165, 1.54) is 18.5 Å². The molecule has 0 aromatic rings. The summed E-state index contributed by atoms with van der Waals surface area (Å²) in [6, 6.07) is 0. The largest absolute Gasteiger partial charge is 0.329 e. The van der Waals surface area contributed by atoms with Gasteiger partial charge in [-0.3, -0.25) is 5.84 Å². The van der Waals surface area contributed by atoms with E-state index < -0.39 is 0 Å². The van der Waals surface area contributed by atoms with Gasteiger partial charge in [0.25, 0.3) is 0 Å². The molecule has 0 bridgehead atoms. The van der Waals surface area contributed by atoms with Crippen LogP contribution in [0.3, 0.4) is 0 Å². The zero-order chi connectivity index (χ0) is 6.69. The van der Waals surface area contributed by atoms with Crippen molar-refractivity contribution in [3.05, 3.63) is 11.8 Å². The van der Waals surface area contributed by atoms with Gasteiger partial charge in [0.2, 0.25) is 0 Å². The van der Waals surface area contributed by atoms with E-state index in [0.717, 1.165) is 6.42 Å². The van der Waals surface area contributed by atoms with Gasteiger partial charge < -0.3 is 5.43 Å². The van der Waals surface area contributed by atoms with E-state index >= 15 is 0 Å². The van der Waals surface area contributed by atoms with Gasteiger partial charge in [-0.2, -0.15) is 0 Å². The Bertz CT molecular complexity index is 118. The fourth-order valence-corrected chi connectivity index (χ4v) is 1.24. The normalized spacial score (nSPS) is 27.3. The standard InChI is InChI=1S/C7H14N2/c1-6-3-2-4-7(5-6)9-8/h5-6,9H,2-4,8H2,1H3/t6-/m0/s1. The van der Waals surface area contributed by atoms with Crippen molar-refractivity contribution in [1.82, 2.24) is 5.43 Å². The van der Waals surface area contributed by atoms with E-state index in [0.29, 0.717) is 5.92 Å². The lowest BCUT2D eigenvalue weighted by atomic mass is 9.96. The van der Waals surface area contributed by atoms with Crippen molar-refractivity contribution in [1.29, 1.82) is 0 Å². The minimum absolute atomic E-state index is 0.713. The summed E-state index contributed by atoms with van der Waals surface area (Å²) in [4.78, 5) is 0. The van der Waals surface area contributed by atoms with Crippen molar-refractivity contribution < 1.29 is 0 Å². The Hall–Kier alpha value is -0.500. The quantitative estimate of drug-likeness (QED) is 0.408. The fourth-order valence-electron chi connectivity index (χ4n) is 1.24. The average molecular weight is 126 g/mol. The lowest BCUT2D eigenvalue weighted by Gasteiger charge is -2.16. The van der Waals surface area contributed by atoms with Gasteiger partial charge in [-0.05, 0) is 25.2 Å². The second-order valence-corrected chi connectivity index (χ2v) is 2.71. The van der Waals surface area contributed by atoms with Crippen LogP contribution in [0.15, 0.2) is 11.8 Å². The van der Waals surface area contributed by atoms with Crippen molar-refractivity contribution in [3.63, 3.8) is 0 Å². The molecule has 0 aromatic heterocycles. The first kappa shape index (κ1) is 6.62. The van der Waals surface area contributed by atoms with Gasteiger partial charge in [-0.15, -0.1) is 0 Å². The van der Waals surface area contributed by atoms with Crippen molar-refractivity contribution in [2.24, 2.45) is 11.8 Å². The van der Waals surface area contributed by atoms with Crippen LogP contribution in [0.4, 0.5) is 0 Å². The molecule has 0 spiro atoms. The third-order valence-corrected chi connectivity index (χ3v) is 1.78. The third kappa shape index (κ3) is 1.72. The van der Waals surface area contributed by atoms with Crippen molar-refractivity contribution >= 4 is 0 Å². The molecule has 0 fully saturated rings. The molecule has 1 aliphatic carbocycles. The molecule has 0 saturated heterocycles. The monoisotopic (exact) mass is 126 g/mol. The van der Waals surface area contributed by atoms with E-state index in [9.17, 15) is 0 Å². The Labute approximate surface area is 56.1 Å². The van der Waals surface area contributed by atoms with Crippen LogP contribution in [0.2, 0.25) is 0 Å². The molecule has 0 aromatic carbocycles. The van der Waals surface area contributed by atoms with Crippen molar-refractivity contribution in [2.45, 2.75) is 26.2 Å². The second-order valence-electron chi connectivity index (χ2n) is 2.71. The summed E-state index contributed by atoms with van der Waals surface area (Å²) in [5, 5.41) is 0. The Balaban J connectivity index is 2.49. The average Bonchev–Trinajstić information content (AvgIpc) is 1.88. The Morgan fingerprint density at radius 1 is 1.78 bits per heavy atom. The Morgan fingerprint density at radius 3 is 3.00 bits per heavy atom. The summed E-state index contributed by atoms with van der Waals surface area (Å²) in [5.41, 5.74) is 3.90. The molecule has 0 aliphatic heterocycles. The number of hydrogen-bond acceptors (Lipinski definition) is 2. The maximum absolute atomic E-state index is 5.25. The molecule has 2 nitrogen and oxygen atoms in total. The summed E-state index contributed by atoms with van der Waals surface area (Å²) in [5.74, 6) is 5.96. The van der Waals surface area contributed by atoms with Gasteiger partial charge in [0.05, 0.1) is 0 Å². The third-order valence-electron chi connectivity index (χ3n) is 1.78. The van der Waals surface area contributed by atoms with E-state index in [4.69, 9.17) is 5.84 Å². The van der Waals surface area contributed by atoms with Crippen LogP contribution < -0.4 is 11.3 Å². The number of rotatable bonds is 1. The second kappa shape index (κ2) is 2.87. The highest BCUT2D eigenvalue weighted by molar-refractivity contribution is 5.03. The minimum atomic E-state index is 0.713. The first-order valence-corrected chi connectivity index (χ1v) is 3.50.